The van der Waals surface area contributed by atoms with Gasteiger partial charge in [-0.25, -0.2) is 4.98 Å². The molecule has 5 rings (SSSR count). The van der Waals surface area contributed by atoms with Crippen molar-refractivity contribution >= 4 is 34.8 Å². The highest BCUT2D eigenvalue weighted by molar-refractivity contribution is 7.16. The summed E-state index contributed by atoms with van der Waals surface area (Å²) in [7, 11) is 0. The predicted octanol–water partition coefficient (Wildman–Crippen LogP) is 5.03. The standard InChI is InChI=1S/C27H38ClN5O2S/c1-4-5-27(35)31-12-11-24-23(16-31)29-17(2)33(24)21-14-19-6-7-20(15-21)32(19)13-10-22(30-18(3)34)25-8-9-26(28)36-25/h8-9,19-22H,4-7,10-16H2,1-3H3,(H,30,34)/t19?,20?,21?,22-/m0/s1. The second-order valence-electron chi connectivity index (χ2n) is 10.7. The summed E-state index contributed by atoms with van der Waals surface area (Å²) in [6.07, 6.45) is 8.10. The van der Waals surface area contributed by atoms with Crippen LogP contribution in [0.15, 0.2) is 12.1 Å². The summed E-state index contributed by atoms with van der Waals surface area (Å²) in [6, 6.07) is 5.59. The first-order chi connectivity index (χ1) is 17.3. The van der Waals surface area contributed by atoms with Crippen LogP contribution in [0.2, 0.25) is 4.34 Å². The molecule has 196 valence electrons. The number of fused-ring (bicyclic) bond motifs is 3. The molecule has 2 bridgehead atoms. The number of halogens is 1. The zero-order valence-electron chi connectivity index (χ0n) is 21.6. The van der Waals surface area contributed by atoms with Crippen LogP contribution in [0.1, 0.15) is 93.0 Å². The first-order valence-electron chi connectivity index (χ1n) is 13.5. The van der Waals surface area contributed by atoms with Gasteiger partial charge < -0.3 is 14.8 Å². The summed E-state index contributed by atoms with van der Waals surface area (Å²) in [6.45, 7) is 8.23. The van der Waals surface area contributed by atoms with E-state index in [9.17, 15) is 9.59 Å². The smallest absolute Gasteiger partial charge is 0.222 e. The number of carbonyl (C=O) groups is 2. The van der Waals surface area contributed by atoms with Gasteiger partial charge in [0.05, 0.1) is 22.6 Å². The molecule has 7 nitrogen and oxygen atoms in total. The summed E-state index contributed by atoms with van der Waals surface area (Å²) >= 11 is 7.74. The van der Waals surface area contributed by atoms with Gasteiger partial charge in [-0.3, -0.25) is 14.5 Å². The van der Waals surface area contributed by atoms with Crippen LogP contribution in [0.5, 0.6) is 0 Å². The van der Waals surface area contributed by atoms with E-state index in [1.807, 2.05) is 17.0 Å². The van der Waals surface area contributed by atoms with Gasteiger partial charge >= 0.3 is 0 Å². The first kappa shape index (κ1) is 25.7. The number of nitrogens with one attached hydrogen (secondary N) is 1. The van der Waals surface area contributed by atoms with Crippen LogP contribution in [-0.4, -0.2) is 56.3 Å². The summed E-state index contributed by atoms with van der Waals surface area (Å²) in [5.74, 6) is 1.36. The van der Waals surface area contributed by atoms with Crippen LogP contribution < -0.4 is 5.32 Å². The lowest BCUT2D eigenvalue weighted by molar-refractivity contribution is -0.132. The summed E-state index contributed by atoms with van der Waals surface area (Å²) in [5, 5.41) is 3.14. The molecule has 5 heterocycles. The third kappa shape index (κ3) is 5.22. The Labute approximate surface area is 223 Å². The van der Waals surface area contributed by atoms with Crippen molar-refractivity contribution in [1.82, 2.24) is 24.7 Å². The molecule has 0 saturated carbocycles. The SMILES string of the molecule is CCCC(=O)N1CCc2c(nc(C)n2C2CC3CCC(C2)N3CC[C@H](NC(C)=O)c2ccc(Cl)s2)C1. The maximum atomic E-state index is 12.4. The van der Waals surface area contributed by atoms with Crippen LogP contribution in [0, 0.1) is 6.92 Å². The molecule has 2 unspecified atom stereocenters. The second kappa shape index (κ2) is 10.8. The van der Waals surface area contributed by atoms with E-state index in [1.54, 1.807) is 18.3 Å². The Hall–Kier alpha value is -1.90. The molecule has 1 N–H and O–H groups in total. The molecular formula is C27H38ClN5O2S. The van der Waals surface area contributed by atoms with Gasteiger partial charge in [-0.05, 0) is 57.6 Å². The molecular weight excluding hydrogens is 494 g/mol. The first-order valence-corrected chi connectivity index (χ1v) is 14.7. The Bertz CT molecular complexity index is 1100. The molecule has 0 aliphatic carbocycles. The number of aromatic nitrogens is 2. The number of hydrogen-bond donors (Lipinski definition) is 1. The number of imidazole rings is 1. The fourth-order valence-electron chi connectivity index (χ4n) is 6.76. The van der Waals surface area contributed by atoms with Crippen molar-refractivity contribution in [2.75, 3.05) is 13.1 Å². The predicted molar refractivity (Wildman–Crippen MR) is 143 cm³/mol. The van der Waals surface area contributed by atoms with E-state index in [-0.39, 0.29) is 17.9 Å². The number of hydrogen-bond acceptors (Lipinski definition) is 5. The van der Waals surface area contributed by atoms with Gasteiger partial charge in [-0.2, -0.15) is 0 Å². The van der Waals surface area contributed by atoms with E-state index >= 15 is 0 Å². The lowest BCUT2D eigenvalue weighted by Gasteiger charge is -2.41. The highest BCUT2D eigenvalue weighted by Crippen LogP contribution is 2.43. The molecule has 2 amide bonds. The van der Waals surface area contributed by atoms with Crippen LogP contribution >= 0.6 is 22.9 Å². The van der Waals surface area contributed by atoms with Crippen molar-refractivity contribution in [2.45, 2.75) is 103 Å². The van der Waals surface area contributed by atoms with E-state index in [2.05, 4.69) is 28.6 Å². The minimum atomic E-state index is 0.00141. The third-order valence-electron chi connectivity index (χ3n) is 8.26. The van der Waals surface area contributed by atoms with Crippen LogP contribution in [0.25, 0.3) is 0 Å². The molecule has 2 aromatic rings. The number of amides is 2. The molecule has 3 atom stereocenters. The molecule has 2 aromatic heterocycles. The zero-order valence-corrected chi connectivity index (χ0v) is 23.2. The molecule has 0 aromatic carbocycles. The summed E-state index contributed by atoms with van der Waals surface area (Å²) < 4.78 is 3.28. The quantitative estimate of drug-likeness (QED) is 0.519. The monoisotopic (exact) mass is 531 g/mol. The Kier molecular flexibility index (Phi) is 7.75. The van der Waals surface area contributed by atoms with Crippen molar-refractivity contribution in [3.8, 4) is 0 Å². The largest absolute Gasteiger partial charge is 0.349 e. The van der Waals surface area contributed by atoms with Gasteiger partial charge in [0.2, 0.25) is 11.8 Å². The van der Waals surface area contributed by atoms with Crippen molar-refractivity contribution in [3.05, 3.63) is 38.6 Å². The summed E-state index contributed by atoms with van der Waals surface area (Å²) in [4.78, 5) is 35.1. The van der Waals surface area contributed by atoms with E-state index < -0.39 is 0 Å². The Morgan fingerprint density at radius 2 is 1.97 bits per heavy atom. The van der Waals surface area contributed by atoms with Crippen LogP contribution in [-0.2, 0) is 22.6 Å². The van der Waals surface area contributed by atoms with E-state index in [1.165, 1.54) is 18.5 Å². The maximum absolute atomic E-state index is 12.4. The number of thiophene rings is 1. The highest BCUT2D eigenvalue weighted by atomic mass is 35.5. The molecule has 3 aliphatic heterocycles. The zero-order chi connectivity index (χ0) is 25.4. The minimum Gasteiger partial charge on any atom is -0.349 e. The molecule has 9 heteroatoms. The lowest BCUT2D eigenvalue weighted by Crippen LogP contribution is -2.45. The average Bonchev–Trinajstić information content (AvgIpc) is 3.48. The van der Waals surface area contributed by atoms with Gasteiger partial charge in [0.25, 0.3) is 0 Å². The van der Waals surface area contributed by atoms with Crippen molar-refractivity contribution < 1.29 is 9.59 Å². The number of piperidine rings is 1. The lowest BCUT2D eigenvalue weighted by atomic mass is 9.95. The number of rotatable bonds is 8. The maximum Gasteiger partial charge on any atom is 0.222 e. The molecule has 0 spiro atoms. The molecule has 3 aliphatic rings. The number of nitrogens with zero attached hydrogens (tertiary/aromatic N) is 4. The minimum absolute atomic E-state index is 0.00141. The Balaban J connectivity index is 1.25. The third-order valence-corrected chi connectivity index (χ3v) is 9.61. The topological polar surface area (TPSA) is 70.5 Å². The molecule has 2 fully saturated rings. The van der Waals surface area contributed by atoms with E-state index in [0.29, 0.717) is 31.1 Å². The van der Waals surface area contributed by atoms with Gasteiger partial charge in [-0.1, -0.05) is 18.5 Å². The van der Waals surface area contributed by atoms with Gasteiger partial charge in [0.15, 0.2) is 0 Å². The van der Waals surface area contributed by atoms with Gasteiger partial charge in [-0.15, -0.1) is 11.3 Å². The summed E-state index contributed by atoms with van der Waals surface area (Å²) in [5.41, 5.74) is 2.46. The molecule has 2 saturated heterocycles. The molecule has 36 heavy (non-hydrogen) atoms. The van der Waals surface area contributed by atoms with Gasteiger partial charge in [0, 0.05) is 61.6 Å². The Morgan fingerprint density at radius 3 is 2.61 bits per heavy atom. The van der Waals surface area contributed by atoms with Crippen LogP contribution in [0.4, 0.5) is 0 Å². The highest BCUT2D eigenvalue weighted by Gasteiger charge is 2.42. The molecule has 0 radical (unpaired) electrons. The van der Waals surface area contributed by atoms with E-state index in [4.69, 9.17) is 16.6 Å². The van der Waals surface area contributed by atoms with Crippen molar-refractivity contribution in [1.29, 1.82) is 0 Å². The number of carbonyl (C=O) groups excluding carboxylic acids is 2. The fraction of sp³-hybridized carbons (Fsp3) is 0.667. The van der Waals surface area contributed by atoms with Crippen molar-refractivity contribution in [3.63, 3.8) is 0 Å². The number of aryl methyl sites for hydroxylation is 1. The Morgan fingerprint density at radius 1 is 1.22 bits per heavy atom. The van der Waals surface area contributed by atoms with E-state index in [0.717, 1.165) is 65.9 Å². The second-order valence-corrected chi connectivity index (χ2v) is 12.4. The van der Waals surface area contributed by atoms with Crippen molar-refractivity contribution in [2.24, 2.45) is 0 Å². The van der Waals surface area contributed by atoms with Gasteiger partial charge in [0.1, 0.15) is 5.82 Å². The normalized spacial score (nSPS) is 24.6. The average molecular weight is 532 g/mol. The van der Waals surface area contributed by atoms with Crippen LogP contribution in [0.3, 0.4) is 0 Å². The fourth-order valence-corrected chi connectivity index (χ4v) is 7.90.